The quantitative estimate of drug-likeness (QED) is 0.636. The molecule has 0 atom stereocenters. The summed E-state index contributed by atoms with van der Waals surface area (Å²) in [5, 5.41) is 11.4. The molecule has 0 aliphatic carbocycles. The van der Waals surface area contributed by atoms with Gasteiger partial charge < -0.3 is 15.2 Å². The Kier molecular flexibility index (Phi) is 2.18. The molecular formula is C9H8FNO4. The lowest BCUT2D eigenvalue weighted by molar-refractivity contribution is -0.136. The number of ether oxygens (including phenoxy) is 1. The maximum absolute atomic E-state index is 12.5. The first-order valence-corrected chi connectivity index (χ1v) is 4.31. The van der Waals surface area contributed by atoms with Gasteiger partial charge in [0.15, 0.2) is 0 Å². The molecule has 2 aliphatic rings. The zero-order valence-corrected chi connectivity index (χ0v) is 7.67. The molecule has 2 rings (SSSR count). The van der Waals surface area contributed by atoms with Gasteiger partial charge in [0.1, 0.15) is 13.3 Å². The van der Waals surface area contributed by atoms with Crippen LogP contribution in [0, 0.1) is 0 Å². The van der Waals surface area contributed by atoms with Gasteiger partial charge >= 0.3 is 11.9 Å². The maximum atomic E-state index is 12.5. The number of hydrogen-bond donors (Lipinski definition) is 2. The van der Waals surface area contributed by atoms with Crippen LogP contribution >= 0.6 is 0 Å². The summed E-state index contributed by atoms with van der Waals surface area (Å²) in [6, 6.07) is 0. The number of esters is 1. The van der Waals surface area contributed by atoms with Gasteiger partial charge in [-0.25, -0.2) is 14.0 Å². The SMILES string of the molecule is O=C(O)C1=C(CF)NC2=C(C1)C(=O)OC2. The van der Waals surface area contributed by atoms with E-state index in [2.05, 4.69) is 5.32 Å². The van der Waals surface area contributed by atoms with Gasteiger partial charge in [0.25, 0.3) is 0 Å². The van der Waals surface area contributed by atoms with E-state index in [1.165, 1.54) is 0 Å². The smallest absolute Gasteiger partial charge is 0.336 e. The molecule has 0 spiro atoms. The van der Waals surface area contributed by atoms with Crippen LogP contribution in [0.15, 0.2) is 22.5 Å². The molecule has 0 amide bonds. The fourth-order valence-electron chi connectivity index (χ4n) is 1.59. The molecule has 15 heavy (non-hydrogen) atoms. The van der Waals surface area contributed by atoms with E-state index in [1.54, 1.807) is 0 Å². The van der Waals surface area contributed by atoms with Crippen LogP contribution in [-0.2, 0) is 14.3 Å². The van der Waals surface area contributed by atoms with Crippen LogP contribution in [0.2, 0.25) is 0 Å². The van der Waals surface area contributed by atoms with E-state index in [1.807, 2.05) is 0 Å². The molecule has 2 heterocycles. The Morgan fingerprint density at radius 1 is 1.60 bits per heavy atom. The monoisotopic (exact) mass is 213 g/mol. The zero-order valence-electron chi connectivity index (χ0n) is 7.67. The first kappa shape index (κ1) is 9.70. The number of halogens is 1. The number of rotatable bonds is 2. The molecule has 0 saturated heterocycles. The second kappa shape index (κ2) is 3.38. The third-order valence-electron chi connectivity index (χ3n) is 2.37. The normalized spacial score (nSPS) is 19.9. The summed E-state index contributed by atoms with van der Waals surface area (Å²) in [6.07, 6.45) is -0.0737. The van der Waals surface area contributed by atoms with Crippen molar-refractivity contribution >= 4 is 11.9 Å². The minimum Gasteiger partial charge on any atom is -0.478 e. The molecule has 0 radical (unpaired) electrons. The van der Waals surface area contributed by atoms with Crippen molar-refractivity contribution in [2.24, 2.45) is 0 Å². The predicted octanol–water partition coefficient (Wildman–Crippen LogP) is 0.0988. The molecule has 0 fully saturated rings. The van der Waals surface area contributed by atoms with Gasteiger partial charge in [0.2, 0.25) is 0 Å². The van der Waals surface area contributed by atoms with Gasteiger partial charge in [-0.2, -0.15) is 0 Å². The molecule has 0 aromatic heterocycles. The van der Waals surface area contributed by atoms with Crippen LogP contribution in [0.3, 0.4) is 0 Å². The number of hydrogen-bond acceptors (Lipinski definition) is 4. The van der Waals surface area contributed by atoms with Crippen LogP contribution < -0.4 is 5.32 Å². The molecular weight excluding hydrogens is 205 g/mol. The van der Waals surface area contributed by atoms with Gasteiger partial charge in [-0.3, -0.25) is 0 Å². The number of aliphatic carboxylic acids is 1. The second-order valence-electron chi connectivity index (χ2n) is 3.23. The van der Waals surface area contributed by atoms with Crippen molar-refractivity contribution in [3.8, 4) is 0 Å². The van der Waals surface area contributed by atoms with E-state index in [4.69, 9.17) is 9.84 Å². The molecule has 5 nitrogen and oxygen atoms in total. The van der Waals surface area contributed by atoms with E-state index in [-0.39, 0.29) is 29.9 Å². The van der Waals surface area contributed by atoms with E-state index in [9.17, 15) is 14.0 Å². The molecule has 0 aromatic rings. The molecule has 0 saturated carbocycles. The standard InChI is InChI=1S/C9H8FNO4/c10-2-6-4(8(12)13)1-5-7(11-6)3-15-9(5)14/h11H,1-3H2,(H,12,13). The molecule has 0 aromatic carbocycles. The second-order valence-corrected chi connectivity index (χ2v) is 3.23. The topological polar surface area (TPSA) is 75.6 Å². The number of allylic oxidation sites excluding steroid dienone is 1. The van der Waals surface area contributed by atoms with Crippen LogP contribution in [0.4, 0.5) is 4.39 Å². The summed E-state index contributed by atoms with van der Waals surface area (Å²) < 4.78 is 17.2. The molecule has 2 N–H and O–H groups in total. The highest BCUT2D eigenvalue weighted by Gasteiger charge is 2.33. The molecule has 2 aliphatic heterocycles. The summed E-state index contributed by atoms with van der Waals surface area (Å²) in [6.45, 7) is -0.836. The van der Waals surface area contributed by atoms with Crippen molar-refractivity contribution in [3.05, 3.63) is 22.5 Å². The van der Waals surface area contributed by atoms with Gasteiger partial charge in [-0.1, -0.05) is 0 Å². The van der Waals surface area contributed by atoms with Crippen molar-refractivity contribution in [1.29, 1.82) is 0 Å². The fourth-order valence-corrected chi connectivity index (χ4v) is 1.59. The number of carbonyl (C=O) groups is 2. The lowest BCUT2D eigenvalue weighted by Gasteiger charge is -2.17. The minimum atomic E-state index is -1.22. The summed E-state index contributed by atoms with van der Waals surface area (Å²) in [4.78, 5) is 21.9. The Balaban J connectivity index is 2.32. The number of cyclic esters (lactones) is 1. The first-order chi connectivity index (χ1) is 7.13. The van der Waals surface area contributed by atoms with Gasteiger partial charge in [0, 0.05) is 6.42 Å². The Morgan fingerprint density at radius 3 is 2.93 bits per heavy atom. The van der Waals surface area contributed by atoms with Crippen LogP contribution in [0.5, 0.6) is 0 Å². The Hall–Kier alpha value is -1.85. The predicted molar refractivity (Wildman–Crippen MR) is 46.4 cm³/mol. The summed E-state index contributed by atoms with van der Waals surface area (Å²) in [5.74, 6) is -1.75. The highest BCUT2D eigenvalue weighted by atomic mass is 19.1. The van der Waals surface area contributed by atoms with E-state index in [0.717, 1.165) is 0 Å². The van der Waals surface area contributed by atoms with Gasteiger partial charge in [-0.15, -0.1) is 0 Å². The number of dihydropyridines is 1. The molecule has 0 bridgehead atoms. The minimum absolute atomic E-state index is 0.000417. The lowest BCUT2D eigenvalue weighted by Crippen LogP contribution is -2.25. The largest absolute Gasteiger partial charge is 0.478 e. The Labute approximate surface area is 84.2 Å². The highest BCUT2D eigenvalue weighted by Crippen LogP contribution is 2.28. The van der Waals surface area contributed by atoms with Crippen molar-refractivity contribution in [1.82, 2.24) is 5.32 Å². The lowest BCUT2D eigenvalue weighted by atomic mass is 9.99. The summed E-state index contributed by atoms with van der Waals surface area (Å²) >= 11 is 0. The highest BCUT2D eigenvalue weighted by molar-refractivity contribution is 5.97. The van der Waals surface area contributed by atoms with Crippen LogP contribution in [0.1, 0.15) is 6.42 Å². The van der Waals surface area contributed by atoms with E-state index >= 15 is 0 Å². The number of carboxylic acid groups (broad SMARTS) is 1. The van der Waals surface area contributed by atoms with Crippen molar-refractivity contribution in [3.63, 3.8) is 0 Å². The van der Waals surface area contributed by atoms with Crippen LogP contribution in [0.25, 0.3) is 0 Å². The van der Waals surface area contributed by atoms with Crippen molar-refractivity contribution in [2.45, 2.75) is 6.42 Å². The van der Waals surface area contributed by atoms with E-state index in [0.29, 0.717) is 5.70 Å². The average molecular weight is 213 g/mol. The van der Waals surface area contributed by atoms with Crippen LogP contribution in [-0.4, -0.2) is 30.3 Å². The Bertz CT molecular complexity index is 410. The first-order valence-electron chi connectivity index (χ1n) is 4.31. The molecule has 6 heteroatoms. The van der Waals surface area contributed by atoms with Crippen molar-refractivity contribution < 1.29 is 23.8 Å². The maximum Gasteiger partial charge on any atom is 0.336 e. The number of carboxylic acids is 1. The van der Waals surface area contributed by atoms with Gasteiger partial charge in [-0.05, 0) is 0 Å². The average Bonchev–Trinajstić information content (AvgIpc) is 2.58. The Morgan fingerprint density at radius 2 is 2.33 bits per heavy atom. The zero-order chi connectivity index (χ0) is 11.0. The molecule has 80 valence electrons. The number of alkyl halides is 1. The summed E-state index contributed by atoms with van der Waals surface area (Å²) in [7, 11) is 0. The van der Waals surface area contributed by atoms with E-state index < -0.39 is 18.6 Å². The third-order valence-corrected chi connectivity index (χ3v) is 2.37. The summed E-state index contributed by atoms with van der Waals surface area (Å²) in [5.41, 5.74) is 0.636. The number of nitrogens with one attached hydrogen (secondary N) is 1. The fraction of sp³-hybridized carbons (Fsp3) is 0.333. The van der Waals surface area contributed by atoms with Gasteiger partial charge in [0.05, 0.1) is 22.5 Å². The third kappa shape index (κ3) is 1.47. The molecule has 0 unspecified atom stereocenters. The number of carbonyl (C=O) groups excluding carboxylic acids is 1. The van der Waals surface area contributed by atoms with Crippen molar-refractivity contribution in [2.75, 3.05) is 13.3 Å².